The van der Waals surface area contributed by atoms with Crippen molar-refractivity contribution < 1.29 is 9.59 Å². The van der Waals surface area contributed by atoms with E-state index in [1.54, 1.807) is 6.92 Å². The minimum Gasteiger partial charge on any atom is -0.348 e. The molecule has 3 aromatic rings. The Kier molecular flexibility index (Phi) is 3.61. The second-order valence-corrected chi connectivity index (χ2v) is 6.74. The number of nitrogens with zero attached hydrogens (tertiary/aromatic N) is 2. The number of carbonyl (C=O) groups excluding carboxylic acids is 2. The van der Waals surface area contributed by atoms with Gasteiger partial charge in [0.15, 0.2) is 5.13 Å². The van der Waals surface area contributed by atoms with Crippen molar-refractivity contribution in [1.29, 1.82) is 0 Å². The van der Waals surface area contributed by atoms with Crippen molar-refractivity contribution >= 4 is 34.0 Å². The van der Waals surface area contributed by atoms with Crippen LogP contribution in [-0.4, -0.2) is 26.8 Å². The number of fused-ring (bicyclic) bond motifs is 1. The van der Waals surface area contributed by atoms with E-state index in [0.717, 1.165) is 22.5 Å². The van der Waals surface area contributed by atoms with Crippen LogP contribution in [0.2, 0.25) is 0 Å². The van der Waals surface area contributed by atoms with Crippen LogP contribution in [0.25, 0.3) is 11.3 Å². The molecule has 0 aliphatic carbocycles. The molecular weight excluding hydrogens is 338 g/mol. The van der Waals surface area contributed by atoms with E-state index in [0.29, 0.717) is 16.5 Å². The fourth-order valence-electron chi connectivity index (χ4n) is 2.78. The average molecular weight is 353 g/mol. The molecule has 3 heterocycles. The molecule has 8 heteroatoms. The van der Waals surface area contributed by atoms with Crippen LogP contribution in [0.3, 0.4) is 0 Å². The lowest BCUT2D eigenvalue weighted by Crippen LogP contribution is -2.13. The monoisotopic (exact) mass is 353 g/mol. The maximum Gasteiger partial charge on any atom is 0.277 e. The molecule has 2 amide bonds. The Morgan fingerprint density at radius 2 is 2.20 bits per heavy atom. The summed E-state index contributed by atoms with van der Waals surface area (Å²) >= 11 is 1.35. The minimum atomic E-state index is -0.294. The van der Waals surface area contributed by atoms with Gasteiger partial charge in [0.2, 0.25) is 5.91 Å². The van der Waals surface area contributed by atoms with E-state index >= 15 is 0 Å². The second kappa shape index (κ2) is 5.82. The summed E-state index contributed by atoms with van der Waals surface area (Å²) in [6, 6.07) is 5.77. The summed E-state index contributed by atoms with van der Waals surface area (Å²) in [6.07, 6.45) is 1.48. The smallest absolute Gasteiger partial charge is 0.277 e. The van der Waals surface area contributed by atoms with Crippen molar-refractivity contribution in [2.45, 2.75) is 19.8 Å². The molecule has 0 radical (unpaired) electrons. The summed E-state index contributed by atoms with van der Waals surface area (Å²) < 4.78 is 0. The van der Waals surface area contributed by atoms with Crippen LogP contribution in [0, 0.1) is 6.92 Å². The Hall–Kier alpha value is -3.00. The Morgan fingerprint density at radius 3 is 2.96 bits per heavy atom. The first-order valence-electron chi connectivity index (χ1n) is 7.75. The van der Waals surface area contributed by atoms with Gasteiger partial charge in [-0.25, -0.2) is 9.97 Å². The van der Waals surface area contributed by atoms with E-state index in [1.807, 2.05) is 30.5 Å². The van der Waals surface area contributed by atoms with Gasteiger partial charge in [-0.3, -0.25) is 14.9 Å². The van der Waals surface area contributed by atoms with Gasteiger partial charge in [-0.15, -0.1) is 11.3 Å². The fourth-order valence-corrected chi connectivity index (χ4v) is 3.50. The molecule has 3 N–H and O–H groups in total. The number of thiazole rings is 1. The molecule has 2 aromatic heterocycles. The van der Waals surface area contributed by atoms with Gasteiger partial charge in [0.25, 0.3) is 5.91 Å². The molecule has 1 aromatic carbocycles. The standard InChI is InChI=1S/C17H15N5O2S/c1-8-11-5-10(3-4-12(11)20-15(8)23)13-6-25-17(21-13)22-16(24)14-9(2)18-7-19-14/h3-8H,1-2H3,(H,18,19)(H,20,23)(H,21,22,24). The number of imidazole rings is 1. The number of aryl methyl sites for hydroxylation is 1. The van der Waals surface area contributed by atoms with E-state index in [9.17, 15) is 9.59 Å². The lowest BCUT2D eigenvalue weighted by atomic mass is 10.00. The highest BCUT2D eigenvalue weighted by Crippen LogP contribution is 2.36. The van der Waals surface area contributed by atoms with E-state index in [4.69, 9.17) is 0 Å². The van der Waals surface area contributed by atoms with Crippen molar-refractivity contribution in [2.24, 2.45) is 0 Å². The highest BCUT2D eigenvalue weighted by molar-refractivity contribution is 7.14. The molecule has 126 valence electrons. The third-order valence-corrected chi connectivity index (χ3v) is 4.99. The normalized spacial score (nSPS) is 15.8. The third-order valence-electron chi connectivity index (χ3n) is 4.23. The molecule has 0 bridgehead atoms. The summed E-state index contributed by atoms with van der Waals surface area (Å²) in [5, 5.41) is 8.00. The summed E-state index contributed by atoms with van der Waals surface area (Å²) in [5.74, 6) is -0.458. The SMILES string of the molecule is Cc1[nH]cnc1C(=O)Nc1nc(-c2ccc3c(c2)C(C)C(=O)N3)cs1. The van der Waals surface area contributed by atoms with Gasteiger partial charge in [-0.05, 0) is 31.5 Å². The molecule has 25 heavy (non-hydrogen) atoms. The number of H-pyrrole nitrogens is 1. The van der Waals surface area contributed by atoms with Crippen LogP contribution in [-0.2, 0) is 4.79 Å². The largest absolute Gasteiger partial charge is 0.348 e. The van der Waals surface area contributed by atoms with Gasteiger partial charge in [0, 0.05) is 22.3 Å². The number of hydrogen-bond donors (Lipinski definition) is 3. The lowest BCUT2D eigenvalue weighted by molar-refractivity contribution is -0.116. The van der Waals surface area contributed by atoms with E-state index in [-0.39, 0.29) is 17.7 Å². The van der Waals surface area contributed by atoms with E-state index < -0.39 is 0 Å². The Morgan fingerprint density at radius 1 is 1.36 bits per heavy atom. The molecule has 0 fully saturated rings. The van der Waals surface area contributed by atoms with E-state index in [2.05, 4.69) is 25.6 Å². The minimum absolute atomic E-state index is 0.00718. The van der Waals surface area contributed by atoms with Crippen molar-refractivity contribution in [1.82, 2.24) is 15.0 Å². The van der Waals surface area contributed by atoms with Crippen molar-refractivity contribution in [3.05, 3.63) is 46.9 Å². The van der Waals surface area contributed by atoms with Crippen molar-refractivity contribution in [3.8, 4) is 11.3 Å². The molecule has 1 atom stereocenters. The summed E-state index contributed by atoms with van der Waals surface area (Å²) in [7, 11) is 0. The number of benzene rings is 1. The zero-order valence-corrected chi connectivity index (χ0v) is 14.4. The average Bonchev–Trinajstić information content (AvgIpc) is 3.29. The quantitative estimate of drug-likeness (QED) is 0.673. The predicted molar refractivity (Wildman–Crippen MR) is 95.9 cm³/mol. The highest BCUT2D eigenvalue weighted by Gasteiger charge is 2.26. The topological polar surface area (TPSA) is 99.8 Å². The highest BCUT2D eigenvalue weighted by atomic mass is 32.1. The molecule has 1 aliphatic heterocycles. The lowest BCUT2D eigenvalue weighted by Gasteiger charge is -2.04. The maximum absolute atomic E-state index is 12.2. The first kappa shape index (κ1) is 15.5. The first-order valence-corrected chi connectivity index (χ1v) is 8.63. The van der Waals surface area contributed by atoms with Crippen molar-refractivity contribution in [3.63, 3.8) is 0 Å². The van der Waals surface area contributed by atoms with Crippen LogP contribution in [0.15, 0.2) is 29.9 Å². The van der Waals surface area contributed by atoms with Crippen LogP contribution >= 0.6 is 11.3 Å². The summed E-state index contributed by atoms with van der Waals surface area (Å²) in [5.41, 5.74) is 4.54. The molecule has 0 saturated heterocycles. The molecule has 0 spiro atoms. The molecule has 1 unspecified atom stereocenters. The number of aromatic nitrogens is 3. The fraction of sp³-hybridized carbons (Fsp3) is 0.176. The van der Waals surface area contributed by atoms with Crippen LogP contribution in [0.5, 0.6) is 0 Å². The van der Waals surface area contributed by atoms with Gasteiger partial charge in [0.1, 0.15) is 5.69 Å². The van der Waals surface area contributed by atoms with E-state index in [1.165, 1.54) is 17.7 Å². The van der Waals surface area contributed by atoms with Crippen LogP contribution in [0.1, 0.15) is 34.6 Å². The second-order valence-electron chi connectivity index (χ2n) is 5.88. The third kappa shape index (κ3) is 2.70. The molecular formula is C17H15N5O2S. The van der Waals surface area contributed by atoms with Crippen molar-refractivity contribution in [2.75, 3.05) is 10.6 Å². The molecule has 4 rings (SSSR count). The Labute approximate surface area is 147 Å². The number of nitrogens with one attached hydrogen (secondary N) is 3. The number of amides is 2. The maximum atomic E-state index is 12.2. The van der Waals surface area contributed by atoms with Crippen LogP contribution < -0.4 is 10.6 Å². The number of anilines is 2. The van der Waals surface area contributed by atoms with Gasteiger partial charge in [-0.2, -0.15) is 0 Å². The Bertz CT molecular complexity index is 991. The first-order chi connectivity index (χ1) is 12.0. The van der Waals surface area contributed by atoms with Gasteiger partial charge in [-0.1, -0.05) is 6.07 Å². The van der Waals surface area contributed by atoms with Crippen LogP contribution in [0.4, 0.5) is 10.8 Å². The number of hydrogen-bond acceptors (Lipinski definition) is 5. The van der Waals surface area contributed by atoms with Gasteiger partial charge in [0.05, 0.1) is 17.9 Å². The van der Waals surface area contributed by atoms with Gasteiger partial charge < -0.3 is 10.3 Å². The number of rotatable bonds is 3. The molecule has 7 nitrogen and oxygen atoms in total. The molecule has 1 aliphatic rings. The summed E-state index contributed by atoms with van der Waals surface area (Å²) in [6.45, 7) is 3.67. The molecule has 0 saturated carbocycles. The summed E-state index contributed by atoms with van der Waals surface area (Å²) in [4.78, 5) is 35.3. The number of carbonyl (C=O) groups is 2. The zero-order chi connectivity index (χ0) is 17.6. The Balaban J connectivity index is 1.57. The number of aromatic amines is 1. The predicted octanol–water partition coefficient (Wildman–Crippen LogP) is 3.15. The zero-order valence-electron chi connectivity index (χ0n) is 13.6. The van der Waals surface area contributed by atoms with Gasteiger partial charge >= 0.3 is 0 Å².